The molecule has 1 heterocycles. The Balaban J connectivity index is 2.20. The molecule has 0 atom stereocenters. The van der Waals surface area contributed by atoms with E-state index in [-0.39, 0.29) is 11.5 Å². The maximum Gasteiger partial charge on any atom is 0.258 e. The molecule has 0 radical (unpaired) electrons. The molecule has 18 heavy (non-hydrogen) atoms. The van der Waals surface area contributed by atoms with Gasteiger partial charge in [0.05, 0.1) is 17.2 Å². The van der Waals surface area contributed by atoms with Gasteiger partial charge in [0.15, 0.2) is 0 Å². The summed E-state index contributed by atoms with van der Waals surface area (Å²) in [5.74, 6) is -0.0636. The zero-order chi connectivity index (χ0) is 13.0. The molecule has 0 aliphatic heterocycles. The Bertz CT molecular complexity index is 659. The number of aromatic amines is 1. The summed E-state index contributed by atoms with van der Waals surface area (Å²) in [6.45, 7) is 1.95. The van der Waals surface area contributed by atoms with Gasteiger partial charge >= 0.3 is 0 Å². The molecule has 5 nitrogen and oxygen atoms in total. The van der Waals surface area contributed by atoms with Gasteiger partial charge in [-0.15, -0.1) is 0 Å². The topological polar surface area (TPSA) is 74.8 Å². The van der Waals surface area contributed by atoms with Gasteiger partial charge in [-0.2, -0.15) is 0 Å². The standard InChI is InChI=1S/C13H13N3O2/c1-9(17)14-6-2-3-10-4-5-11-12(7-10)15-8-16-13(11)18/h2-5,7-8H,6H2,1H3,(H,14,17)(H,15,16,18). The maximum atomic E-state index is 11.5. The fraction of sp³-hybridized carbons (Fsp3) is 0.154. The largest absolute Gasteiger partial charge is 0.353 e. The van der Waals surface area contributed by atoms with E-state index >= 15 is 0 Å². The summed E-state index contributed by atoms with van der Waals surface area (Å²) >= 11 is 0. The zero-order valence-electron chi connectivity index (χ0n) is 9.93. The SMILES string of the molecule is CC(=O)NCC=Cc1ccc2c(=O)[nH]cnc2c1. The predicted octanol–water partition coefficient (Wildman–Crippen LogP) is 1.07. The first-order valence-electron chi connectivity index (χ1n) is 5.55. The second kappa shape index (κ2) is 5.27. The summed E-state index contributed by atoms with van der Waals surface area (Å²) in [5.41, 5.74) is 1.44. The van der Waals surface area contributed by atoms with Crippen LogP contribution in [0.3, 0.4) is 0 Å². The second-order valence-electron chi connectivity index (χ2n) is 3.85. The van der Waals surface area contributed by atoms with E-state index in [2.05, 4.69) is 15.3 Å². The highest BCUT2D eigenvalue weighted by atomic mass is 16.1. The lowest BCUT2D eigenvalue weighted by Crippen LogP contribution is -2.19. The van der Waals surface area contributed by atoms with E-state index in [1.807, 2.05) is 24.3 Å². The molecule has 0 aliphatic rings. The molecule has 2 N–H and O–H groups in total. The average molecular weight is 243 g/mol. The minimum Gasteiger partial charge on any atom is -0.353 e. The average Bonchev–Trinajstić information content (AvgIpc) is 2.35. The van der Waals surface area contributed by atoms with Crippen LogP contribution in [0.15, 0.2) is 35.4 Å². The number of fused-ring (bicyclic) bond motifs is 1. The molecular formula is C13H13N3O2. The van der Waals surface area contributed by atoms with Crippen molar-refractivity contribution in [3.8, 4) is 0 Å². The number of carbonyl (C=O) groups excluding carboxylic acids is 1. The second-order valence-corrected chi connectivity index (χ2v) is 3.85. The van der Waals surface area contributed by atoms with Crippen LogP contribution in [0.5, 0.6) is 0 Å². The molecule has 0 bridgehead atoms. The predicted molar refractivity (Wildman–Crippen MR) is 70.1 cm³/mol. The van der Waals surface area contributed by atoms with Gasteiger partial charge in [0.25, 0.3) is 5.56 Å². The van der Waals surface area contributed by atoms with Crippen molar-refractivity contribution in [2.24, 2.45) is 0 Å². The number of benzene rings is 1. The van der Waals surface area contributed by atoms with E-state index in [1.54, 1.807) is 6.07 Å². The number of aromatic nitrogens is 2. The summed E-state index contributed by atoms with van der Waals surface area (Å²) in [6, 6.07) is 5.40. The van der Waals surface area contributed by atoms with Gasteiger partial charge in [-0.05, 0) is 17.7 Å². The van der Waals surface area contributed by atoms with Crippen LogP contribution >= 0.6 is 0 Å². The summed E-state index contributed by atoms with van der Waals surface area (Å²) in [7, 11) is 0. The van der Waals surface area contributed by atoms with Crippen molar-refractivity contribution < 1.29 is 4.79 Å². The van der Waals surface area contributed by atoms with Crippen molar-refractivity contribution in [1.29, 1.82) is 0 Å². The number of carbonyl (C=O) groups is 1. The van der Waals surface area contributed by atoms with Crippen LogP contribution in [0, 0.1) is 0 Å². The Kier molecular flexibility index (Phi) is 3.52. The van der Waals surface area contributed by atoms with Gasteiger partial charge in [-0.1, -0.05) is 18.2 Å². The summed E-state index contributed by atoms with van der Waals surface area (Å²) in [4.78, 5) is 28.8. The normalized spacial score (nSPS) is 10.9. The lowest BCUT2D eigenvalue weighted by molar-refractivity contribution is -0.118. The highest BCUT2D eigenvalue weighted by Gasteiger charge is 1.98. The molecule has 2 aromatic rings. The Morgan fingerprint density at radius 3 is 3.11 bits per heavy atom. The van der Waals surface area contributed by atoms with E-state index in [9.17, 15) is 9.59 Å². The molecule has 0 saturated carbocycles. The third-order valence-corrected chi connectivity index (χ3v) is 2.44. The monoisotopic (exact) mass is 243 g/mol. The van der Waals surface area contributed by atoms with Crippen molar-refractivity contribution in [2.75, 3.05) is 6.54 Å². The van der Waals surface area contributed by atoms with Crippen LogP contribution in [0.4, 0.5) is 0 Å². The van der Waals surface area contributed by atoms with E-state index in [0.717, 1.165) is 5.56 Å². The molecule has 5 heteroatoms. The number of hydrogen-bond donors (Lipinski definition) is 2. The van der Waals surface area contributed by atoms with Crippen LogP contribution in [-0.4, -0.2) is 22.4 Å². The molecule has 1 aromatic carbocycles. The van der Waals surface area contributed by atoms with E-state index < -0.39 is 0 Å². The minimum atomic E-state index is -0.145. The first kappa shape index (κ1) is 12.0. The van der Waals surface area contributed by atoms with Gasteiger partial charge in [0.2, 0.25) is 5.91 Å². The molecule has 0 spiro atoms. The highest BCUT2D eigenvalue weighted by molar-refractivity contribution is 5.80. The number of hydrogen-bond acceptors (Lipinski definition) is 3. The molecule has 0 fully saturated rings. The number of nitrogens with one attached hydrogen (secondary N) is 2. The van der Waals surface area contributed by atoms with Crippen molar-refractivity contribution >= 4 is 22.9 Å². The Hall–Kier alpha value is -2.43. The third kappa shape index (κ3) is 2.82. The van der Waals surface area contributed by atoms with E-state index in [0.29, 0.717) is 17.4 Å². The Labute approximate surface area is 104 Å². The molecule has 92 valence electrons. The van der Waals surface area contributed by atoms with Crippen LogP contribution in [-0.2, 0) is 4.79 Å². The zero-order valence-corrected chi connectivity index (χ0v) is 9.93. The van der Waals surface area contributed by atoms with Gasteiger partial charge in [0.1, 0.15) is 0 Å². The molecule has 0 saturated heterocycles. The molecule has 2 rings (SSSR count). The first-order valence-corrected chi connectivity index (χ1v) is 5.55. The van der Waals surface area contributed by atoms with Crippen molar-refractivity contribution in [3.05, 3.63) is 46.5 Å². The smallest absolute Gasteiger partial charge is 0.258 e. The summed E-state index contributed by atoms with van der Waals surface area (Å²) in [6.07, 6.45) is 5.10. The number of rotatable bonds is 3. The van der Waals surface area contributed by atoms with Crippen molar-refractivity contribution in [1.82, 2.24) is 15.3 Å². The van der Waals surface area contributed by atoms with Gasteiger partial charge in [-0.25, -0.2) is 4.98 Å². The maximum absolute atomic E-state index is 11.5. The quantitative estimate of drug-likeness (QED) is 0.846. The molecule has 0 aliphatic carbocycles. The highest BCUT2D eigenvalue weighted by Crippen LogP contribution is 2.10. The van der Waals surface area contributed by atoms with Crippen LogP contribution in [0.25, 0.3) is 17.0 Å². The van der Waals surface area contributed by atoms with Gasteiger partial charge in [-0.3, -0.25) is 9.59 Å². The fourth-order valence-electron chi connectivity index (χ4n) is 1.59. The van der Waals surface area contributed by atoms with E-state index in [4.69, 9.17) is 0 Å². The lowest BCUT2D eigenvalue weighted by atomic mass is 10.1. The minimum absolute atomic E-state index is 0.0636. The Morgan fingerprint density at radius 1 is 1.50 bits per heavy atom. The third-order valence-electron chi connectivity index (χ3n) is 2.44. The number of H-pyrrole nitrogens is 1. The van der Waals surface area contributed by atoms with Gasteiger partial charge in [0, 0.05) is 13.5 Å². The van der Waals surface area contributed by atoms with Crippen molar-refractivity contribution in [2.45, 2.75) is 6.92 Å². The summed E-state index contributed by atoms with van der Waals surface area (Å²) in [5, 5.41) is 3.23. The van der Waals surface area contributed by atoms with E-state index in [1.165, 1.54) is 13.3 Å². The van der Waals surface area contributed by atoms with Crippen molar-refractivity contribution in [3.63, 3.8) is 0 Å². The van der Waals surface area contributed by atoms with Crippen LogP contribution < -0.4 is 10.9 Å². The first-order chi connectivity index (χ1) is 8.66. The molecule has 1 amide bonds. The van der Waals surface area contributed by atoms with Gasteiger partial charge < -0.3 is 10.3 Å². The molecule has 0 unspecified atom stereocenters. The van der Waals surface area contributed by atoms with Crippen LogP contribution in [0.1, 0.15) is 12.5 Å². The number of amides is 1. The molecular weight excluding hydrogens is 230 g/mol. The van der Waals surface area contributed by atoms with Crippen LogP contribution in [0.2, 0.25) is 0 Å². The number of nitrogens with zero attached hydrogens (tertiary/aromatic N) is 1. The summed E-state index contributed by atoms with van der Waals surface area (Å²) < 4.78 is 0. The lowest BCUT2D eigenvalue weighted by Gasteiger charge is -1.98. The fourth-order valence-corrected chi connectivity index (χ4v) is 1.59. The molecule has 1 aromatic heterocycles. The Morgan fingerprint density at radius 2 is 2.33 bits per heavy atom.